The number of imidazole rings is 1. The zero-order chi connectivity index (χ0) is 25.5. The molecule has 0 saturated carbocycles. The van der Waals surface area contributed by atoms with Crippen LogP contribution in [0.5, 0.6) is 5.75 Å². The van der Waals surface area contributed by atoms with Crippen molar-refractivity contribution in [3.05, 3.63) is 82.9 Å². The van der Waals surface area contributed by atoms with E-state index < -0.39 is 5.97 Å². The van der Waals surface area contributed by atoms with Crippen molar-refractivity contribution in [3.8, 4) is 11.4 Å². The minimum atomic E-state index is -0.822. The van der Waals surface area contributed by atoms with Gasteiger partial charge in [0, 0.05) is 42.5 Å². The minimum Gasteiger partial charge on any atom is -0.493 e. The Morgan fingerprint density at radius 2 is 2.11 bits per heavy atom. The van der Waals surface area contributed by atoms with Gasteiger partial charge in [0.1, 0.15) is 23.5 Å². The van der Waals surface area contributed by atoms with Crippen LogP contribution < -0.4 is 10.1 Å². The van der Waals surface area contributed by atoms with Gasteiger partial charge in [0.25, 0.3) is 0 Å². The molecule has 8 heteroatoms. The summed E-state index contributed by atoms with van der Waals surface area (Å²) in [6.45, 7) is 3.77. The number of aromatic nitrogens is 2. The van der Waals surface area contributed by atoms with Crippen molar-refractivity contribution < 1.29 is 23.8 Å². The van der Waals surface area contributed by atoms with Crippen LogP contribution in [0, 0.1) is 12.7 Å². The molecule has 0 radical (unpaired) electrons. The van der Waals surface area contributed by atoms with Crippen molar-refractivity contribution in [3.63, 3.8) is 0 Å². The van der Waals surface area contributed by atoms with E-state index in [1.807, 2.05) is 24.3 Å². The molecule has 3 heterocycles. The summed E-state index contributed by atoms with van der Waals surface area (Å²) in [7, 11) is 0. The molecule has 6 rings (SSSR count). The van der Waals surface area contributed by atoms with E-state index in [9.17, 15) is 9.18 Å². The van der Waals surface area contributed by atoms with Gasteiger partial charge in [-0.3, -0.25) is 9.36 Å². The van der Waals surface area contributed by atoms with Gasteiger partial charge in [-0.25, -0.2) is 9.37 Å². The molecule has 0 spiro atoms. The standard InChI is InChI=1S/C29H28FN3O4/c1-17-18(15-31-21-8-9-22-19(12-28(34)35)16-37-27(22)14-21)4-2-5-24(17)33-25-10-7-20(30)13-23(25)32-29(33)26-6-3-11-36-26/h2,4-5,7-10,13-14,19,26,31H,3,6,11-12,15-16H2,1H3,(H,34,35). The lowest BCUT2D eigenvalue weighted by Gasteiger charge is -2.18. The first kappa shape index (κ1) is 23.5. The zero-order valence-corrected chi connectivity index (χ0v) is 20.5. The fourth-order valence-electron chi connectivity index (χ4n) is 5.39. The summed E-state index contributed by atoms with van der Waals surface area (Å²) in [5.41, 5.74) is 6.52. The van der Waals surface area contributed by atoms with Crippen LogP contribution in [0.3, 0.4) is 0 Å². The number of benzene rings is 3. The van der Waals surface area contributed by atoms with Gasteiger partial charge in [-0.1, -0.05) is 18.2 Å². The number of halogens is 1. The first-order valence-electron chi connectivity index (χ1n) is 12.6. The fraction of sp³-hybridized carbons (Fsp3) is 0.310. The van der Waals surface area contributed by atoms with Crippen molar-refractivity contribution in [2.75, 3.05) is 18.5 Å². The third-order valence-electron chi connectivity index (χ3n) is 7.32. The highest BCUT2D eigenvalue weighted by atomic mass is 19.1. The highest BCUT2D eigenvalue weighted by molar-refractivity contribution is 5.79. The third kappa shape index (κ3) is 4.42. The number of nitrogens with zero attached hydrogens (tertiary/aromatic N) is 2. The smallest absolute Gasteiger partial charge is 0.304 e. The lowest BCUT2D eigenvalue weighted by molar-refractivity contribution is -0.137. The summed E-state index contributed by atoms with van der Waals surface area (Å²) in [6, 6.07) is 16.8. The van der Waals surface area contributed by atoms with E-state index in [0.29, 0.717) is 25.3 Å². The molecule has 4 aromatic rings. The summed E-state index contributed by atoms with van der Waals surface area (Å²) >= 11 is 0. The van der Waals surface area contributed by atoms with Gasteiger partial charge in [-0.15, -0.1) is 0 Å². The third-order valence-corrected chi connectivity index (χ3v) is 7.32. The molecule has 7 nitrogen and oxygen atoms in total. The number of hydrogen-bond acceptors (Lipinski definition) is 5. The number of fused-ring (bicyclic) bond motifs is 2. The van der Waals surface area contributed by atoms with Gasteiger partial charge in [0.05, 0.1) is 29.7 Å². The number of hydrogen-bond donors (Lipinski definition) is 2. The Morgan fingerprint density at radius 3 is 2.92 bits per heavy atom. The summed E-state index contributed by atoms with van der Waals surface area (Å²) < 4.78 is 27.8. The highest BCUT2D eigenvalue weighted by Crippen LogP contribution is 2.38. The molecule has 0 bridgehead atoms. The SMILES string of the molecule is Cc1c(CNc2ccc3c(c2)OCC3CC(=O)O)cccc1-n1c(C2CCCO2)nc2cc(F)ccc21. The summed E-state index contributed by atoms with van der Waals surface area (Å²) in [5, 5.41) is 12.6. The largest absolute Gasteiger partial charge is 0.493 e. The van der Waals surface area contributed by atoms with E-state index in [1.54, 1.807) is 6.07 Å². The van der Waals surface area contributed by atoms with Gasteiger partial charge in [-0.05, 0) is 55.2 Å². The highest BCUT2D eigenvalue weighted by Gasteiger charge is 2.27. The Hall–Kier alpha value is -3.91. The van der Waals surface area contributed by atoms with Crippen LogP contribution >= 0.6 is 0 Å². The summed E-state index contributed by atoms with van der Waals surface area (Å²) in [4.78, 5) is 15.9. The van der Waals surface area contributed by atoms with E-state index in [2.05, 4.69) is 28.9 Å². The Labute approximate surface area is 213 Å². The molecule has 0 aliphatic carbocycles. The summed E-state index contributed by atoms with van der Waals surface area (Å²) in [5.74, 6) is 0.297. The second-order valence-electron chi connectivity index (χ2n) is 9.71. The number of rotatable bonds is 7. The average molecular weight is 502 g/mol. The molecule has 3 aromatic carbocycles. The van der Waals surface area contributed by atoms with Crippen LogP contribution in [-0.2, 0) is 16.1 Å². The van der Waals surface area contributed by atoms with Crippen LogP contribution in [-0.4, -0.2) is 33.8 Å². The molecular weight excluding hydrogens is 473 g/mol. The number of nitrogens with one attached hydrogen (secondary N) is 1. The Bertz CT molecular complexity index is 1490. The molecule has 2 N–H and O–H groups in total. The van der Waals surface area contributed by atoms with Crippen LogP contribution in [0.2, 0.25) is 0 Å². The zero-order valence-electron chi connectivity index (χ0n) is 20.5. The van der Waals surface area contributed by atoms with Gasteiger partial charge < -0.3 is 19.9 Å². The molecule has 0 amide bonds. The van der Waals surface area contributed by atoms with Crippen molar-refractivity contribution in [1.29, 1.82) is 0 Å². The predicted octanol–water partition coefficient (Wildman–Crippen LogP) is 5.89. The van der Waals surface area contributed by atoms with E-state index >= 15 is 0 Å². The molecule has 37 heavy (non-hydrogen) atoms. The van der Waals surface area contributed by atoms with Gasteiger partial charge in [-0.2, -0.15) is 0 Å². The maximum Gasteiger partial charge on any atom is 0.304 e. The predicted molar refractivity (Wildman–Crippen MR) is 138 cm³/mol. The second kappa shape index (κ2) is 9.52. The van der Waals surface area contributed by atoms with E-state index in [0.717, 1.165) is 58.0 Å². The first-order valence-corrected chi connectivity index (χ1v) is 12.6. The van der Waals surface area contributed by atoms with Gasteiger partial charge >= 0.3 is 5.97 Å². The number of ether oxygens (including phenoxy) is 2. The second-order valence-corrected chi connectivity index (χ2v) is 9.71. The van der Waals surface area contributed by atoms with E-state index in [1.165, 1.54) is 12.1 Å². The quantitative estimate of drug-likeness (QED) is 0.329. The molecule has 2 unspecified atom stereocenters. The van der Waals surface area contributed by atoms with Crippen LogP contribution in [0.25, 0.3) is 16.7 Å². The maximum atomic E-state index is 14.0. The van der Waals surface area contributed by atoms with Crippen LogP contribution in [0.15, 0.2) is 54.6 Å². The first-order chi connectivity index (χ1) is 18.0. The molecular formula is C29H28FN3O4. The molecule has 190 valence electrons. The van der Waals surface area contributed by atoms with Crippen molar-refractivity contribution in [2.45, 2.75) is 44.8 Å². The normalized spacial score (nSPS) is 18.6. The fourth-order valence-corrected chi connectivity index (χ4v) is 5.39. The topological polar surface area (TPSA) is 85.6 Å². The van der Waals surface area contributed by atoms with Gasteiger partial charge in [0.15, 0.2) is 0 Å². The average Bonchev–Trinajstić information content (AvgIpc) is 3.62. The molecule has 2 atom stereocenters. The number of carboxylic acids is 1. The van der Waals surface area contributed by atoms with Gasteiger partial charge in [0.2, 0.25) is 0 Å². The lowest BCUT2D eigenvalue weighted by Crippen LogP contribution is -2.10. The lowest BCUT2D eigenvalue weighted by atomic mass is 9.98. The van der Waals surface area contributed by atoms with Crippen molar-refractivity contribution in [2.24, 2.45) is 0 Å². The monoisotopic (exact) mass is 501 g/mol. The molecule has 2 aliphatic rings. The maximum absolute atomic E-state index is 14.0. The molecule has 2 aliphatic heterocycles. The molecule has 1 aromatic heterocycles. The Morgan fingerprint density at radius 1 is 1.22 bits per heavy atom. The number of aliphatic carboxylic acids is 1. The number of carboxylic acid groups (broad SMARTS) is 1. The molecule has 1 saturated heterocycles. The Balaban J connectivity index is 1.30. The number of carbonyl (C=O) groups is 1. The van der Waals surface area contributed by atoms with E-state index in [-0.39, 0.29) is 24.3 Å². The van der Waals surface area contributed by atoms with Crippen LogP contribution in [0.4, 0.5) is 10.1 Å². The minimum absolute atomic E-state index is 0.0647. The van der Waals surface area contributed by atoms with Crippen molar-refractivity contribution in [1.82, 2.24) is 9.55 Å². The Kier molecular flexibility index (Phi) is 6.04. The van der Waals surface area contributed by atoms with E-state index in [4.69, 9.17) is 19.6 Å². The van der Waals surface area contributed by atoms with Crippen molar-refractivity contribution >= 4 is 22.7 Å². The number of anilines is 1. The summed E-state index contributed by atoms with van der Waals surface area (Å²) in [6.07, 6.45) is 1.81. The molecule has 1 fully saturated rings. The van der Waals surface area contributed by atoms with Crippen LogP contribution in [0.1, 0.15) is 53.8 Å².